The molecule has 1 saturated heterocycles. The molecule has 0 N–H and O–H groups in total. The quantitative estimate of drug-likeness (QED) is 0.778. The summed E-state index contributed by atoms with van der Waals surface area (Å²) < 4.78 is 22.0. The van der Waals surface area contributed by atoms with Gasteiger partial charge in [0.25, 0.3) is 0 Å². The smallest absolute Gasteiger partial charge is 0.232 e. The maximum atomic E-state index is 11.7. The van der Waals surface area contributed by atoms with Crippen LogP contribution in [0.3, 0.4) is 0 Å². The lowest BCUT2D eigenvalue weighted by Gasteiger charge is -2.15. The molecule has 7 heteroatoms. The van der Waals surface area contributed by atoms with Gasteiger partial charge in [-0.2, -0.15) is 0 Å². The molecule has 1 unspecified atom stereocenters. The highest BCUT2D eigenvalue weighted by Gasteiger charge is 2.31. The first-order chi connectivity index (χ1) is 8.44. The van der Waals surface area contributed by atoms with Crippen molar-refractivity contribution in [1.29, 1.82) is 0 Å². The van der Waals surface area contributed by atoms with Crippen molar-refractivity contribution in [3.05, 3.63) is 22.4 Å². The maximum Gasteiger partial charge on any atom is 0.232 e. The third kappa shape index (κ3) is 3.96. The van der Waals surface area contributed by atoms with Gasteiger partial charge in [-0.3, -0.25) is 4.79 Å². The molecular formula is C11H14ClNO3S2. The van der Waals surface area contributed by atoms with Crippen LogP contribution in [0.25, 0.3) is 0 Å². The fraction of sp³-hybridized carbons (Fsp3) is 0.545. The lowest BCUT2D eigenvalue weighted by atomic mass is 10.1. The molecule has 0 radical (unpaired) electrons. The van der Waals surface area contributed by atoms with Gasteiger partial charge in [0.2, 0.25) is 15.0 Å². The van der Waals surface area contributed by atoms with Gasteiger partial charge >= 0.3 is 0 Å². The minimum Gasteiger partial charge on any atom is -0.342 e. The third-order valence-corrected chi connectivity index (χ3v) is 5.12. The van der Waals surface area contributed by atoms with Crippen molar-refractivity contribution in [3.63, 3.8) is 0 Å². The van der Waals surface area contributed by atoms with Crippen molar-refractivity contribution in [2.24, 2.45) is 5.92 Å². The Kier molecular flexibility index (Phi) is 4.29. The van der Waals surface area contributed by atoms with E-state index in [4.69, 9.17) is 10.7 Å². The van der Waals surface area contributed by atoms with E-state index in [0.29, 0.717) is 13.1 Å². The summed E-state index contributed by atoms with van der Waals surface area (Å²) in [6.45, 7) is 1.15. The maximum absolute atomic E-state index is 11.7. The van der Waals surface area contributed by atoms with Crippen molar-refractivity contribution < 1.29 is 13.2 Å². The molecule has 1 amide bonds. The Labute approximate surface area is 115 Å². The molecule has 1 aliphatic rings. The Morgan fingerprint density at radius 1 is 1.50 bits per heavy atom. The zero-order valence-electron chi connectivity index (χ0n) is 9.71. The molecule has 0 saturated carbocycles. The van der Waals surface area contributed by atoms with E-state index in [-0.39, 0.29) is 24.0 Å². The Morgan fingerprint density at radius 2 is 2.28 bits per heavy atom. The second kappa shape index (κ2) is 5.59. The molecule has 1 atom stereocenters. The van der Waals surface area contributed by atoms with Gasteiger partial charge in [-0.1, -0.05) is 6.07 Å². The second-order valence-electron chi connectivity index (χ2n) is 4.44. The first kappa shape index (κ1) is 13.8. The SMILES string of the molecule is O=C1CC(CS(=O)(=O)Cl)CN1CCc1cccs1. The zero-order valence-corrected chi connectivity index (χ0v) is 12.1. The highest BCUT2D eigenvalue weighted by Crippen LogP contribution is 2.21. The van der Waals surface area contributed by atoms with Gasteiger partial charge in [-0.15, -0.1) is 11.3 Å². The average molecular weight is 308 g/mol. The van der Waals surface area contributed by atoms with E-state index in [1.165, 1.54) is 4.88 Å². The average Bonchev–Trinajstić information content (AvgIpc) is 2.83. The van der Waals surface area contributed by atoms with Crippen LogP contribution in [0, 0.1) is 5.92 Å². The number of rotatable bonds is 5. The number of amides is 1. The predicted octanol–water partition coefficient (Wildman–Crippen LogP) is 1.71. The molecule has 0 bridgehead atoms. The molecule has 0 spiro atoms. The van der Waals surface area contributed by atoms with Crippen LogP contribution >= 0.6 is 22.0 Å². The number of carbonyl (C=O) groups excluding carboxylic acids is 1. The minimum atomic E-state index is -3.52. The van der Waals surface area contributed by atoms with Crippen LogP contribution in [0.4, 0.5) is 0 Å². The highest BCUT2D eigenvalue weighted by atomic mass is 35.7. The topological polar surface area (TPSA) is 54.5 Å². The van der Waals surface area contributed by atoms with E-state index >= 15 is 0 Å². The Hall–Kier alpha value is -0.590. The highest BCUT2D eigenvalue weighted by molar-refractivity contribution is 8.13. The van der Waals surface area contributed by atoms with E-state index in [9.17, 15) is 13.2 Å². The lowest BCUT2D eigenvalue weighted by molar-refractivity contribution is -0.127. The van der Waals surface area contributed by atoms with E-state index in [0.717, 1.165) is 6.42 Å². The molecule has 1 aromatic rings. The van der Waals surface area contributed by atoms with E-state index in [1.54, 1.807) is 16.2 Å². The van der Waals surface area contributed by atoms with E-state index in [2.05, 4.69) is 0 Å². The largest absolute Gasteiger partial charge is 0.342 e. The Morgan fingerprint density at radius 3 is 2.89 bits per heavy atom. The molecule has 0 aliphatic carbocycles. The summed E-state index contributed by atoms with van der Waals surface area (Å²) >= 11 is 1.66. The summed E-state index contributed by atoms with van der Waals surface area (Å²) in [6.07, 6.45) is 1.11. The number of carbonyl (C=O) groups is 1. The van der Waals surface area contributed by atoms with Gasteiger partial charge in [0.15, 0.2) is 0 Å². The molecular weight excluding hydrogens is 294 g/mol. The lowest BCUT2D eigenvalue weighted by Crippen LogP contribution is -2.28. The summed E-state index contributed by atoms with van der Waals surface area (Å²) in [5, 5.41) is 2.00. The van der Waals surface area contributed by atoms with Crippen molar-refractivity contribution in [3.8, 4) is 0 Å². The molecule has 0 aromatic carbocycles. The number of hydrogen-bond acceptors (Lipinski definition) is 4. The van der Waals surface area contributed by atoms with Gasteiger partial charge in [0.05, 0.1) is 5.75 Å². The summed E-state index contributed by atoms with van der Waals surface area (Å²) in [5.41, 5.74) is 0. The molecule has 100 valence electrons. The Bertz CT molecular complexity index is 512. The number of halogens is 1. The van der Waals surface area contributed by atoms with Gasteiger partial charge in [-0.25, -0.2) is 8.42 Å². The summed E-state index contributed by atoms with van der Waals surface area (Å²) in [4.78, 5) is 14.7. The number of thiophene rings is 1. The van der Waals surface area contributed by atoms with Crippen LogP contribution in [0.15, 0.2) is 17.5 Å². The number of hydrogen-bond donors (Lipinski definition) is 0. The van der Waals surface area contributed by atoms with Crippen LogP contribution in [-0.4, -0.2) is 38.1 Å². The van der Waals surface area contributed by atoms with Gasteiger partial charge in [0.1, 0.15) is 0 Å². The minimum absolute atomic E-state index is 0.0249. The molecule has 2 heterocycles. The predicted molar refractivity (Wildman–Crippen MR) is 72.3 cm³/mol. The Balaban J connectivity index is 1.86. The first-order valence-corrected chi connectivity index (χ1v) is 9.02. The van der Waals surface area contributed by atoms with Gasteiger partial charge in [-0.05, 0) is 17.9 Å². The molecule has 18 heavy (non-hydrogen) atoms. The van der Waals surface area contributed by atoms with Gasteiger partial charge < -0.3 is 4.90 Å². The molecule has 2 rings (SSSR count). The van der Waals surface area contributed by atoms with Crippen LogP contribution in [0.1, 0.15) is 11.3 Å². The summed E-state index contributed by atoms with van der Waals surface area (Å²) in [7, 11) is 1.69. The first-order valence-electron chi connectivity index (χ1n) is 5.66. The normalized spacial score (nSPS) is 20.6. The van der Waals surface area contributed by atoms with Crippen LogP contribution in [0.2, 0.25) is 0 Å². The molecule has 1 fully saturated rings. The third-order valence-electron chi connectivity index (χ3n) is 2.94. The van der Waals surface area contributed by atoms with Crippen molar-refractivity contribution in [2.75, 3.05) is 18.8 Å². The van der Waals surface area contributed by atoms with Crippen molar-refractivity contribution >= 4 is 37.0 Å². The summed E-state index contributed by atoms with van der Waals surface area (Å²) in [6, 6.07) is 4.01. The molecule has 1 aliphatic heterocycles. The fourth-order valence-corrected chi connectivity index (χ4v) is 4.18. The monoisotopic (exact) mass is 307 g/mol. The standard InChI is InChI=1S/C11H14ClNO3S2/c12-18(15,16)8-9-6-11(14)13(7-9)4-3-10-2-1-5-17-10/h1-2,5,9H,3-4,6-8H2. The van der Waals surface area contributed by atoms with Crippen molar-refractivity contribution in [1.82, 2.24) is 4.90 Å². The van der Waals surface area contributed by atoms with Crippen LogP contribution in [0.5, 0.6) is 0 Å². The van der Waals surface area contributed by atoms with E-state index < -0.39 is 9.05 Å². The molecule has 4 nitrogen and oxygen atoms in total. The zero-order chi connectivity index (χ0) is 13.2. The number of likely N-dealkylation sites (tertiary alicyclic amines) is 1. The molecule has 1 aromatic heterocycles. The number of nitrogens with zero attached hydrogens (tertiary/aromatic N) is 1. The van der Waals surface area contributed by atoms with Gasteiger partial charge in [0, 0.05) is 41.0 Å². The fourth-order valence-electron chi connectivity index (χ4n) is 2.16. The summed E-state index contributed by atoms with van der Waals surface area (Å²) in [5.74, 6) is -0.254. The second-order valence-corrected chi connectivity index (χ2v) is 8.30. The van der Waals surface area contributed by atoms with Crippen molar-refractivity contribution in [2.45, 2.75) is 12.8 Å². The van der Waals surface area contributed by atoms with Crippen LogP contribution in [-0.2, 0) is 20.3 Å². The van der Waals surface area contributed by atoms with Crippen LogP contribution < -0.4 is 0 Å². The van der Waals surface area contributed by atoms with E-state index in [1.807, 2.05) is 17.5 Å².